The molecule has 1 aromatic heterocycles. The Balaban J connectivity index is 1.87. The number of aliphatic hydroxyl groups is 1. The molecule has 6 heteroatoms. The molecule has 4 nitrogen and oxygen atoms in total. The maximum Gasteiger partial charge on any atom is 0.267 e. The van der Waals surface area contributed by atoms with Crippen LogP contribution in [-0.2, 0) is 6.54 Å². The van der Waals surface area contributed by atoms with Crippen LogP contribution in [0.3, 0.4) is 0 Å². The van der Waals surface area contributed by atoms with E-state index in [9.17, 15) is 18.7 Å². The summed E-state index contributed by atoms with van der Waals surface area (Å²) in [7, 11) is 0. The van der Waals surface area contributed by atoms with Crippen molar-refractivity contribution in [2.45, 2.75) is 38.3 Å². The van der Waals surface area contributed by atoms with Crippen LogP contribution in [0.25, 0.3) is 0 Å². The number of carbonyl (C=O) groups is 1. The maximum absolute atomic E-state index is 12.3. The van der Waals surface area contributed by atoms with E-state index in [0.29, 0.717) is 13.0 Å². The second kappa shape index (κ2) is 6.14. The van der Waals surface area contributed by atoms with Crippen LogP contribution in [0.2, 0.25) is 0 Å². The highest BCUT2D eigenvalue weighted by molar-refractivity contribution is 5.92. The average Bonchev–Trinajstić information content (AvgIpc) is 2.94. The van der Waals surface area contributed by atoms with Gasteiger partial charge in [-0.2, -0.15) is 0 Å². The van der Waals surface area contributed by atoms with E-state index < -0.39 is 13.0 Å². The first kappa shape index (κ1) is 14.0. The minimum absolute atomic E-state index is 0.249. The third-order valence-corrected chi connectivity index (χ3v) is 3.46. The molecule has 0 spiro atoms. The van der Waals surface area contributed by atoms with Crippen LogP contribution in [0.5, 0.6) is 0 Å². The number of nitrogens with zero attached hydrogens (tertiary/aromatic N) is 1. The number of amides is 1. The second-order valence-electron chi connectivity index (χ2n) is 4.98. The quantitative estimate of drug-likeness (QED) is 0.856. The Morgan fingerprint density at radius 3 is 2.95 bits per heavy atom. The SMILES string of the molecule is O=C(NCC1CCC(O)C1)c1cccn1CC(F)F. The first-order valence-electron chi connectivity index (χ1n) is 6.46. The number of nitrogens with one attached hydrogen (secondary N) is 1. The molecule has 2 rings (SSSR count). The van der Waals surface area contributed by atoms with Crippen LogP contribution in [0.15, 0.2) is 18.3 Å². The van der Waals surface area contributed by atoms with Gasteiger partial charge in [-0.15, -0.1) is 0 Å². The molecule has 1 amide bonds. The van der Waals surface area contributed by atoms with Gasteiger partial charge in [-0.25, -0.2) is 8.78 Å². The lowest BCUT2D eigenvalue weighted by Crippen LogP contribution is -2.30. The Morgan fingerprint density at radius 2 is 2.32 bits per heavy atom. The minimum Gasteiger partial charge on any atom is -0.393 e. The van der Waals surface area contributed by atoms with Gasteiger partial charge in [0, 0.05) is 12.7 Å². The van der Waals surface area contributed by atoms with E-state index in [-0.39, 0.29) is 23.6 Å². The Bertz CT molecular complexity index is 434. The molecule has 0 saturated heterocycles. The molecule has 2 unspecified atom stereocenters. The highest BCUT2D eigenvalue weighted by Crippen LogP contribution is 2.24. The third-order valence-electron chi connectivity index (χ3n) is 3.46. The Morgan fingerprint density at radius 1 is 1.53 bits per heavy atom. The van der Waals surface area contributed by atoms with E-state index in [1.165, 1.54) is 16.8 Å². The number of alkyl halides is 2. The van der Waals surface area contributed by atoms with Gasteiger partial charge in [0.05, 0.1) is 12.6 Å². The average molecular weight is 272 g/mol. The van der Waals surface area contributed by atoms with Crippen LogP contribution in [-0.4, -0.2) is 34.7 Å². The van der Waals surface area contributed by atoms with Crippen molar-refractivity contribution in [2.75, 3.05) is 6.54 Å². The summed E-state index contributed by atoms with van der Waals surface area (Å²) in [5.41, 5.74) is 0.249. The first-order chi connectivity index (χ1) is 9.06. The zero-order valence-corrected chi connectivity index (χ0v) is 10.6. The molecule has 0 aromatic carbocycles. The highest BCUT2D eigenvalue weighted by Gasteiger charge is 2.23. The van der Waals surface area contributed by atoms with Crippen molar-refractivity contribution in [3.8, 4) is 0 Å². The first-order valence-corrected chi connectivity index (χ1v) is 6.46. The van der Waals surface area contributed by atoms with Gasteiger partial charge in [-0.1, -0.05) is 0 Å². The molecule has 1 saturated carbocycles. The van der Waals surface area contributed by atoms with Crippen molar-refractivity contribution in [1.29, 1.82) is 0 Å². The number of aromatic nitrogens is 1. The van der Waals surface area contributed by atoms with Gasteiger partial charge in [0.2, 0.25) is 0 Å². The van der Waals surface area contributed by atoms with Crippen molar-refractivity contribution < 1.29 is 18.7 Å². The Labute approximate surface area is 110 Å². The smallest absolute Gasteiger partial charge is 0.267 e. The number of aliphatic hydroxyl groups excluding tert-OH is 1. The summed E-state index contributed by atoms with van der Waals surface area (Å²) < 4.78 is 25.9. The van der Waals surface area contributed by atoms with Crippen LogP contribution < -0.4 is 5.32 Å². The topological polar surface area (TPSA) is 54.3 Å². The van der Waals surface area contributed by atoms with Crippen LogP contribution >= 0.6 is 0 Å². The van der Waals surface area contributed by atoms with E-state index in [1.54, 1.807) is 6.07 Å². The van der Waals surface area contributed by atoms with Gasteiger partial charge in [-0.3, -0.25) is 4.79 Å². The van der Waals surface area contributed by atoms with Gasteiger partial charge >= 0.3 is 0 Å². The van der Waals surface area contributed by atoms with Crippen molar-refractivity contribution in [3.05, 3.63) is 24.0 Å². The summed E-state index contributed by atoms with van der Waals surface area (Å²) in [6.45, 7) is 0.00759. The van der Waals surface area contributed by atoms with Gasteiger partial charge < -0.3 is 15.0 Å². The Hall–Kier alpha value is -1.43. The van der Waals surface area contributed by atoms with Gasteiger partial charge in [-0.05, 0) is 37.3 Å². The van der Waals surface area contributed by atoms with Crippen molar-refractivity contribution in [2.24, 2.45) is 5.92 Å². The highest BCUT2D eigenvalue weighted by atomic mass is 19.3. The van der Waals surface area contributed by atoms with E-state index in [2.05, 4.69) is 5.32 Å². The lowest BCUT2D eigenvalue weighted by Gasteiger charge is -2.12. The molecule has 1 aliphatic rings. The molecule has 0 radical (unpaired) electrons. The van der Waals surface area contributed by atoms with Gasteiger partial charge in [0.1, 0.15) is 5.69 Å². The zero-order valence-electron chi connectivity index (χ0n) is 10.6. The monoisotopic (exact) mass is 272 g/mol. The molecule has 0 aliphatic heterocycles. The third kappa shape index (κ3) is 3.76. The fraction of sp³-hybridized carbons (Fsp3) is 0.615. The zero-order chi connectivity index (χ0) is 13.8. The molecule has 106 valence electrons. The fourth-order valence-electron chi connectivity index (χ4n) is 2.49. The number of halogens is 2. The lowest BCUT2D eigenvalue weighted by molar-refractivity contribution is 0.0922. The minimum atomic E-state index is -2.48. The van der Waals surface area contributed by atoms with Gasteiger partial charge in [0.15, 0.2) is 0 Å². The molecule has 19 heavy (non-hydrogen) atoms. The van der Waals surface area contributed by atoms with Crippen LogP contribution in [0.1, 0.15) is 29.8 Å². The van der Waals surface area contributed by atoms with Gasteiger partial charge in [0.25, 0.3) is 12.3 Å². The van der Waals surface area contributed by atoms with E-state index in [1.807, 2.05) is 0 Å². The number of hydrogen-bond donors (Lipinski definition) is 2. The molecule has 0 bridgehead atoms. The molecule has 2 N–H and O–H groups in total. The van der Waals surface area contributed by atoms with Crippen molar-refractivity contribution in [3.63, 3.8) is 0 Å². The predicted molar refractivity (Wildman–Crippen MR) is 66.1 cm³/mol. The van der Waals surface area contributed by atoms with E-state index >= 15 is 0 Å². The van der Waals surface area contributed by atoms with E-state index in [4.69, 9.17) is 0 Å². The summed E-state index contributed by atoms with van der Waals surface area (Å²) in [5.74, 6) is -0.0653. The molecular formula is C13H18F2N2O2. The van der Waals surface area contributed by atoms with Crippen molar-refractivity contribution in [1.82, 2.24) is 9.88 Å². The Kier molecular flexibility index (Phi) is 4.52. The molecule has 1 aliphatic carbocycles. The predicted octanol–water partition coefficient (Wildman–Crippen LogP) is 1.64. The molecule has 1 fully saturated rings. The fourth-order valence-corrected chi connectivity index (χ4v) is 2.49. The second-order valence-corrected chi connectivity index (χ2v) is 4.98. The van der Waals surface area contributed by atoms with Crippen LogP contribution in [0.4, 0.5) is 8.78 Å². The lowest BCUT2D eigenvalue weighted by atomic mass is 10.1. The standard InChI is InChI=1S/C13H18F2N2O2/c14-12(15)8-17-5-1-2-11(17)13(19)16-7-9-3-4-10(18)6-9/h1-2,5,9-10,12,18H,3-4,6-8H2,(H,16,19). The number of rotatable bonds is 5. The largest absolute Gasteiger partial charge is 0.393 e. The summed E-state index contributed by atoms with van der Waals surface area (Å²) in [6, 6.07) is 3.11. The summed E-state index contributed by atoms with van der Waals surface area (Å²) in [4.78, 5) is 11.9. The summed E-state index contributed by atoms with van der Waals surface area (Å²) in [5, 5.41) is 12.1. The number of hydrogen-bond acceptors (Lipinski definition) is 2. The van der Waals surface area contributed by atoms with E-state index in [0.717, 1.165) is 12.8 Å². The summed E-state index contributed by atoms with van der Waals surface area (Å²) in [6.07, 6.45) is 1.06. The van der Waals surface area contributed by atoms with Crippen LogP contribution in [0, 0.1) is 5.92 Å². The maximum atomic E-state index is 12.3. The molecule has 1 heterocycles. The van der Waals surface area contributed by atoms with Crippen molar-refractivity contribution >= 4 is 5.91 Å². The molecular weight excluding hydrogens is 254 g/mol. The summed E-state index contributed by atoms with van der Waals surface area (Å²) >= 11 is 0. The number of carbonyl (C=O) groups excluding carboxylic acids is 1. The molecule has 2 atom stereocenters. The molecule has 1 aromatic rings. The normalized spacial score (nSPS) is 22.9.